The highest BCUT2D eigenvalue weighted by Gasteiger charge is 2.38. The largest absolute Gasteiger partial charge is 0.489 e. The molecular weight excluding hydrogens is 426 g/mol. The standard InChI is InChI=1S/C25H25NO5S/c27-25(24-13-7-8-18-26(24)32(28,29)23-11-5-2-6-12-23)31-22-16-14-21(15-17-22)30-19-20-9-3-1-4-10-20/h1-6,9-12,14-17,24H,7-8,13,18-19H2. The van der Waals surface area contributed by atoms with Gasteiger partial charge in [0.1, 0.15) is 24.1 Å². The molecule has 0 radical (unpaired) electrons. The predicted molar refractivity (Wildman–Crippen MR) is 121 cm³/mol. The number of piperidine rings is 1. The lowest BCUT2D eigenvalue weighted by Gasteiger charge is -2.32. The van der Waals surface area contributed by atoms with Crippen molar-refractivity contribution < 1.29 is 22.7 Å². The van der Waals surface area contributed by atoms with E-state index in [0.29, 0.717) is 37.5 Å². The topological polar surface area (TPSA) is 72.9 Å². The van der Waals surface area contributed by atoms with Gasteiger partial charge in [-0.1, -0.05) is 48.5 Å². The average molecular weight is 452 g/mol. The van der Waals surface area contributed by atoms with Crippen LogP contribution in [-0.2, 0) is 21.4 Å². The van der Waals surface area contributed by atoms with Crippen molar-refractivity contribution >= 4 is 16.0 Å². The second-order valence-electron chi connectivity index (χ2n) is 7.61. The normalized spacial score (nSPS) is 16.9. The van der Waals surface area contributed by atoms with Crippen LogP contribution in [0.4, 0.5) is 0 Å². The summed E-state index contributed by atoms with van der Waals surface area (Å²) in [5.41, 5.74) is 1.06. The maximum atomic E-state index is 13.1. The summed E-state index contributed by atoms with van der Waals surface area (Å²) in [4.78, 5) is 13.1. The van der Waals surface area contributed by atoms with Gasteiger partial charge in [-0.25, -0.2) is 13.2 Å². The fourth-order valence-electron chi connectivity index (χ4n) is 3.69. The van der Waals surface area contributed by atoms with Gasteiger partial charge in [0, 0.05) is 6.54 Å². The molecule has 0 N–H and O–H groups in total. The molecule has 0 aliphatic carbocycles. The van der Waals surface area contributed by atoms with E-state index in [4.69, 9.17) is 9.47 Å². The number of ether oxygens (including phenoxy) is 2. The monoisotopic (exact) mass is 451 g/mol. The summed E-state index contributed by atoms with van der Waals surface area (Å²) in [7, 11) is -3.78. The van der Waals surface area contributed by atoms with Crippen LogP contribution in [0.25, 0.3) is 0 Å². The zero-order chi connectivity index (χ0) is 22.4. The summed E-state index contributed by atoms with van der Waals surface area (Å²) < 4.78 is 38.7. The molecule has 1 unspecified atom stereocenters. The van der Waals surface area contributed by atoms with Crippen LogP contribution in [0.5, 0.6) is 11.5 Å². The van der Waals surface area contributed by atoms with Gasteiger partial charge in [-0.15, -0.1) is 0 Å². The van der Waals surface area contributed by atoms with Crippen LogP contribution in [0.3, 0.4) is 0 Å². The molecule has 1 atom stereocenters. The van der Waals surface area contributed by atoms with Crippen LogP contribution >= 0.6 is 0 Å². The minimum atomic E-state index is -3.78. The summed E-state index contributed by atoms with van der Waals surface area (Å²) >= 11 is 0. The number of carbonyl (C=O) groups excluding carboxylic acids is 1. The van der Waals surface area contributed by atoms with Crippen molar-refractivity contribution in [2.75, 3.05) is 6.54 Å². The number of hydrogen-bond acceptors (Lipinski definition) is 5. The molecule has 3 aromatic carbocycles. The number of nitrogens with zero attached hydrogens (tertiary/aromatic N) is 1. The number of hydrogen-bond donors (Lipinski definition) is 0. The molecule has 1 aliphatic heterocycles. The summed E-state index contributed by atoms with van der Waals surface area (Å²) in [6, 6.07) is 23.9. The third kappa shape index (κ3) is 5.18. The number of benzene rings is 3. The molecule has 32 heavy (non-hydrogen) atoms. The third-order valence-corrected chi connectivity index (χ3v) is 7.29. The fraction of sp³-hybridized carbons (Fsp3) is 0.240. The van der Waals surface area contributed by atoms with E-state index in [1.54, 1.807) is 54.6 Å². The van der Waals surface area contributed by atoms with E-state index < -0.39 is 22.0 Å². The first kappa shape index (κ1) is 22.0. The Morgan fingerprint density at radius 3 is 2.16 bits per heavy atom. The maximum Gasteiger partial charge on any atom is 0.329 e. The van der Waals surface area contributed by atoms with Crippen LogP contribution < -0.4 is 9.47 Å². The van der Waals surface area contributed by atoms with Crippen LogP contribution in [-0.4, -0.2) is 31.3 Å². The first-order chi connectivity index (χ1) is 15.5. The molecule has 0 aromatic heterocycles. The molecule has 1 aliphatic rings. The van der Waals surface area contributed by atoms with Crippen molar-refractivity contribution in [2.24, 2.45) is 0 Å². The van der Waals surface area contributed by atoms with Crippen LogP contribution in [0.1, 0.15) is 24.8 Å². The van der Waals surface area contributed by atoms with Gasteiger partial charge >= 0.3 is 5.97 Å². The molecule has 1 heterocycles. The number of sulfonamides is 1. The third-order valence-electron chi connectivity index (χ3n) is 5.37. The van der Waals surface area contributed by atoms with E-state index in [-0.39, 0.29) is 4.90 Å². The van der Waals surface area contributed by atoms with E-state index in [9.17, 15) is 13.2 Å². The minimum absolute atomic E-state index is 0.180. The second-order valence-corrected chi connectivity index (χ2v) is 9.50. The maximum absolute atomic E-state index is 13.1. The summed E-state index contributed by atoms with van der Waals surface area (Å²) in [6.07, 6.45) is 1.92. The molecule has 0 amide bonds. The average Bonchev–Trinajstić information content (AvgIpc) is 2.85. The molecule has 1 fully saturated rings. The van der Waals surface area contributed by atoms with Gasteiger partial charge in [-0.2, -0.15) is 4.31 Å². The summed E-state index contributed by atoms with van der Waals surface area (Å²) in [5, 5.41) is 0. The number of rotatable bonds is 7. The fourth-order valence-corrected chi connectivity index (χ4v) is 5.35. The molecule has 0 spiro atoms. The SMILES string of the molecule is O=C(Oc1ccc(OCc2ccccc2)cc1)C1CCCCN1S(=O)(=O)c1ccccc1. The van der Waals surface area contributed by atoms with Gasteiger partial charge < -0.3 is 9.47 Å². The van der Waals surface area contributed by atoms with Crippen molar-refractivity contribution in [3.63, 3.8) is 0 Å². The predicted octanol–water partition coefficient (Wildman–Crippen LogP) is 4.41. The highest BCUT2D eigenvalue weighted by molar-refractivity contribution is 7.89. The van der Waals surface area contributed by atoms with Crippen molar-refractivity contribution in [1.29, 1.82) is 0 Å². The number of esters is 1. The zero-order valence-corrected chi connectivity index (χ0v) is 18.4. The molecule has 7 heteroatoms. The minimum Gasteiger partial charge on any atom is -0.489 e. The Balaban J connectivity index is 1.42. The van der Waals surface area contributed by atoms with E-state index in [1.165, 1.54) is 4.31 Å². The Bertz CT molecular complexity index is 1130. The van der Waals surface area contributed by atoms with E-state index in [1.807, 2.05) is 30.3 Å². The quantitative estimate of drug-likeness (QED) is 0.393. The van der Waals surface area contributed by atoms with Gasteiger partial charge in [0.2, 0.25) is 10.0 Å². The molecule has 4 rings (SSSR count). The Morgan fingerprint density at radius 1 is 0.844 bits per heavy atom. The first-order valence-electron chi connectivity index (χ1n) is 10.6. The molecule has 6 nitrogen and oxygen atoms in total. The lowest BCUT2D eigenvalue weighted by Crippen LogP contribution is -2.49. The molecule has 0 saturated carbocycles. The van der Waals surface area contributed by atoms with Crippen molar-refractivity contribution in [2.45, 2.75) is 36.8 Å². The smallest absolute Gasteiger partial charge is 0.329 e. The van der Waals surface area contributed by atoms with Crippen molar-refractivity contribution in [3.05, 3.63) is 90.5 Å². The van der Waals surface area contributed by atoms with E-state index in [2.05, 4.69) is 0 Å². The van der Waals surface area contributed by atoms with Gasteiger partial charge in [0.05, 0.1) is 4.90 Å². The molecular formula is C25H25NO5S. The lowest BCUT2D eigenvalue weighted by molar-refractivity contribution is -0.139. The summed E-state index contributed by atoms with van der Waals surface area (Å²) in [5.74, 6) is 0.437. The van der Waals surface area contributed by atoms with Crippen LogP contribution in [0.2, 0.25) is 0 Å². The van der Waals surface area contributed by atoms with Gasteiger partial charge in [-0.05, 0) is 61.2 Å². The highest BCUT2D eigenvalue weighted by atomic mass is 32.2. The van der Waals surface area contributed by atoms with Gasteiger partial charge in [-0.3, -0.25) is 0 Å². The molecule has 166 valence electrons. The number of carbonyl (C=O) groups is 1. The highest BCUT2D eigenvalue weighted by Crippen LogP contribution is 2.27. The van der Waals surface area contributed by atoms with Gasteiger partial charge in [0.25, 0.3) is 0 Å². The van der Waals surface area contributed by atoms with Crippen molar-refractivity contribution in [1.82, 2.24) is 4.31 Å². The Kier molecular flexibility index (Phi) is 6.87. The Labute approximate surface area is 188 Å². The molecule has 3 aromatic rings. The second kappa shape index (κ2) is 9.97. The Hall–Kier alpha value is -3.16. The Morgan fingerprint density at radius 2 is 1.47 bits per heavy atom. The first-order valence-corrected chi connectivity index (χ1v) is 12.0. The van der Waals surface area contributed by atoms with E-state index >= 15 is 0 Å². The van der Waals surface area contributed by atoms with Crippen LogP contribution in [0, 0.1) is 0 Å². The van der Waals surface area contributed by atoms with E-state index in [0.717, 1.165) is 12.0 Å². The van der Waals surface area contributed by atoms with Gasteiger partial charge in [0.15, 0.2) is 0 Å². The van der Waals surface area contributed by atoms with Crippen LogP contribution in [0.15, 0.2) is 89.8 Å². The lowest BCUT2D eigenvalue weighted by atomic mass is 10.1. The zero-order valence-electron chi connectivity index (χ0n) is 17.6. The molecule has 1 saturated heterocycles. The van der Waals surface area contributed by atoms with Crippen molar-refractivity contribution in [3.8, 4) is 11.5 Å². The summed E-state index contributed by atoms with van der Waals surface area (Å²) in [6.45, 7) is 0.734. The molecule has 0 bridgehead atoms.